The quantitative estimate of drug-likeness (QED) is 0.635. The highest BCUT2D eigenvalue weighted by Gasteiger charge is 2.49. The van der Waals surface area contributed by atoms with E-state index in [1.54, 1.807) is 44.5 Å². The fourth-order valence-corrected chi connectivity index (χ4v) is 3.71. The summed E-state index contributed by atoms with van der Waals surface area (Å²) < 4.78 is 7.42. The lowest BCUT2D eigenvalue weighted by molar-refractivity contribution is -0.131. The Morgan fingerprint density at radius 1 is 1.21 bits per heavy atom. The number of urea groups is 1. The van der Waals surface area contributed by atoms with Crippen LogP contribution >= 0.6 is 0 Å². The number of rotatable bonds is 5. The molecule has 2 aromatic rings. The average molecular weight is 382 g/mol. The number of aromatic nitrogens is 1. The Morgan fingerprint density at radius 3 is 2.54 bits per heavy atom. The first-order chi connectivity index (χ1) is 13.2. The van der Waals surface area contributed by atoms with Crippen molar-refractivity contribution in [2.24, 2.45) is 5.10 Å². The van der Waals surface area contributed by atoms with Crippen LogP contribution in [0, 0.1) is 13.8 Å². The number of methoxy groups -OCH3 is 1. The van der Waals surface area contributed by atoms with Crippen LogP contribution in [-0.2, 0) is 10.3 Å². The van der Waals surface area contributed by atoms with Gasteiger partial charge >= 0.3 is 6.03 Å². The summed E-state index contributed by atoms with van der Waals surface area (Å²) in [5, 5.41) is 7.83. The molecule has 2 heterocycles. The molecule has 7 heteroatoms. The van der Waals surface area contributed by atoms with Gasteiger partial charge in [0.25, 0.3) is 5.91 Å². The van der Waals surface area contributed by atoms with Crippen LogP contribution in [0.15, 0.2) is 35.4 Å². The third kappa shape index (κ3) is 3.17. The molecule has 1 saturated heterocycles. The zero-order valence-electron chi connectivity index (χ0n) is 17.1. The Hall–Kier alpha value is -3.09. The molecule has 0 unspecified atom stereocenters. The number of imide groups is 1. The van der Waals surface area contributed by atoms with Crippen molar-refractivity contribution in [2.75, 3.05) is 7.11 Å². The third-order valence-electron chi connectivity index (χ3n) is 5.17. The lowest BCUT2D eigenvalue weighted by atomic mass is 9.92. The van der Waals surface area contributed by atoms with E-state index in [0.29, 0.717) is 17.4 Å². The molecule has 1 aliphatic heterocycles. The molecule has 28 heavy (non-hydrogen) atoms. The van der Waals surface area contributed by atoms with Gasteiger partial charge in [-0.05, 0) is 58.4 Å². The first-order valence-corrected chi connectivity index (χ1v) is 9.22. The lowest BCUT2D eigenvalue weighted by Gasteiger charge is -2.21. The Balaban J connectivity index is 1.90. The van der Waals surface area contributed by atoms with Gasteiger partial charge in [0.2, 0.25) is 0 Å². The van der Waals surface area contributed by atoms with Crippen molar-refractivity contribution < 1.29 is 14.3 Å². The van der Waals surface area contributed by atoms with Crippen molar-refractivity contribution >= 4 is 18.2 Å². The summed E-state index contributed by atoms with van der Waals surface area (Å²) in [5.41, 5.74) is 2.46. The van der Waals surface area contributed by atoms with Crippen molar-refractivity contribution in [1.82, 2.24) is 14.9 Å². The van der Waals surface area contributed by atoms with Gasteiger partial charge in [0.1, 0.15) is 11.3 Å². The maximum Gasteiger partial charge on any atom is 0.346 e. The summed E-state index contributed by atoms with van der Waals surface area (Å²) in [5.74, 6) is 0.184. The molecule has 3 rings (SSSR count). The topological polar surface area (TPSA) is 75.9 Å². The minimum absolute atomic E-state index is 0.315. The summed E-state index contributed by atoms with van der Waals surface area (Å²) in [7, 11) is 1.56. The SMILES string of the molecule is COc1cccc([C@@]2(C)NC(=O)N(/N=C\c3cc(C)n(C(C)C)c3C)C2=O)c1. The fraction of sp³-hybridized carbons (Fsp3) is 0.381. The molecule has 0 radical (unpaired) electrons. The second kappa shape index (κ2) is 7.14. The number of hydrazone groups is 1. The standard InChI is InChI=1S/C21H26N4O3/c1-13(2)24-14(3)10-16(15(24)4)12-22-25-19(26)21(5,23-20(25)27)17-8-7-9-18(11-17)28-6/h7-13H,1-6H3,(H,23,27)/b22-12-/t21-/m1/s1. The molecule has 0 aliphatic carbocycles. The summed E-state index contributed by atoms with van der Waals surface area (Å²) >= 11 is 0. The molecule has 1 aromatic carbocycles. The van der Waals surface area contributed by atoms with Crippen molar-refractivity contribution in [1.29, 1.82) is 0 Å². The van der Waals surface area contributed by atoms with E-state index >= 15 is 0 Å². The molecule has 148 valence electrons. The van der Waals surface area contributed by atoms with Crippen LogP contribution in [0.3, 0.4) is 0 Å². The monoisotopic (exact) mass is 382 g/mol. The minimum Gasteiger partial charge on any atom is -0.497 e. The van der Waals surface area contributed by atoms with E-state index in [1.165, 1.54) is 0 Å². The Kier molecular flexibility index (Phi) is 5.02. The van der Waals surface area contributed by atoms with Gasteiger partial charge in [-0.2, -0.15) is 5.10 Å². The van der Waals surface area contributed by atoms with Crippen LogP contribution in [0.2, 0.25) is 0 Å². The van der Waals surface area contributed by atoms with Crippen LogP contribution in [0.1, 0.15) is 49.3 Å². The molecule has 1 aliphatic rings. The fourth-order valence-electron chi connectivity index (χ4n) is 3.71. The Labute approximate surface area is 165 Å². The van der Waals surface area contributed by atoms with Crippen LogP contribution in [0.5, 0.6) is 5.75 Å². The molecule has 1 fully saturated rings. The van der Waals surface area contributed by atoms with Crippen molar-refractivity contribution in [3.63, 3.8) is 0 Å². The molecular weight excluding hydrogens is 356 g/mol. The van der Waals surface area contributed by atoms with E-state index in [9.17, 15) is 9.59 Å². The summed E-state index contributed by atoms with van der Waals surface area (Å²) in [4.78, 5) is 25.5. The number of benzene rings is 1. The molecule has 3 amide bonds. The van der Waals surface area contributed by atoms with E-state index in [4.69, 9.17) is 4.74 Å². The van der Waals surface area contributed by atoms with Crippen molar-refractivity contribution in [3.05, 3.63) is 52.8 Å². The molecular formula is C21H26N4O3. The zero-order valence-corrected chi connectivity index (χ0v) is 17.1. The highest BCUT2D eigenvalue weighted by Crippen LogP contribution is 2.31. The summed E-state index contributed by atoms with van der Waals surface area (Å²) in [6.07, 6.45) is 1.57. The van der Waals surface area contributed by atoms with Gasteiger partial charge in [-0.15, -0.1) is 5.01 Å². The molecule has 0 bridgehead atoms. The minimum atomic E-state index is -1.20. The molecule has 1 atom stereocenters. The van der Waals surface area contributed by atoms with E-state index in [2.05, 4.69) is 28.8 Å². The van der Waals surface area contributed by atoms with Crippen LogP contribution in [0.4, 0.5) is 4.79 Å². The van der Waals surface area contributed by atoms with Crippen LogP contribution < -0.4 is 10.1 Å². The Bertz CT molecular complexity index is 961. The number of carbonyl (C=O) groups is 2. The van der Waals surface area contributed by atoms with E-state index in [-0.39, 0.29) is 0 Å². The lowest BCUT2D eigenvalue weighted by Crippen LogP contribution is -2.40. The third-order valence-corrected chi connectivity index (χ3v) is 5.17. The normalized spacial score (nSPS) is 19.8. The maximum atomic E-state index is 13.0. The molecule has 1 N–H and O–H groups in total. The number of hydrogen-bond donors (Lipinski definition) is 1. The first kappa shape index (κ1) is 19.7. The number of carbonyl (C=O) groups excluding carboxylic acids is 2. The van der Waals surface area contributed by atoms with Crippen LogP contribution in [0.25, 0.3) is 0 Å². The van der Waals surface area contributed by atoms with Crippen molar-refractivity contribution in [2.45, 2.75) is 46.2 Å². The zero-order chi connectivity index (χ0) is 20.6. The molecule has 1 aromatic heterocycles. The summed E-state index contributed by atoms with van der Waals surface area (Å²) in [6, 6.07) is 8.85. The number of aryl methyl sites for hydroxylation is 1. The van der Waals surface area contributed by atoms with E-state index in [1.807, 2.05) is 19.9 Å². The van der Waals surface area contributed by atoms with Gasteiger partial charge in [0.15, 0.2) is 0 Å². The van der Waals surface area contributed by atoms with Crippen molar-refractivity contribution in [3.8, 4) is 5.75 Å². The summed E-state index contributed by atoms with van der Waals surface area (Å²) in [6.45, 7) is 9.91. The van der Waals surface area contributed by atoms with Gasteiger partial charge < -0.3 is 14.6 Å². The second-order valence-corrected chi connectivity index (χ2v) is 7.44. The maximum absolute atomic E-state index is 13.0. The largest absolute Gasteiger partial charge is 0.497 e. The van der Waals surface area contributed by atoms with Crippen LogP contribution in [-0.4, -0.2) is 34.8 Å². The highest BCUT2D eigenvalue weighted by molar-refractivity contribution is 6.07. The van der Waals surface area contributed by atoms with Gasteiger partial charge in [-0.3, -0.25) is 4.79 Å². The average Bonchev–Trinajstić information content (AvgIpc) is 3.06. The number of nitrogens with zero attached hydrogens (tertiary/aromatic N) is 3. The predicted molar refractivity (Wildman–Crippen MR) is 108 cm³/mol. The molecule has 0 saturated carbocycles. The molecule has 7 nitrogen and oxygen atoms in total. The second-order valence-electron chi connectivity index (χ2n) is 7.44. The van der Waals surface area contributed by atoms with Gasteiger partial charge in [0.05, 0.1) is 13.3 Å². The van der Waals surface area contributed by atoms with Gasteiger partial charge in [-0.25, -0.2) is 4.79 Å². The first-order valence-electron chi connectivity index (χ1n) is 9.22. The highest BCUT2D eigenvalue weighted by atomic mass is 16.5. The number of nitrogens with one attached hydrogen (secondary N) is 1. The Morgan fingerprint density at radius 2 is 1.93 bits per heavy atom. The predicted octanol–water partition coefficient (Wildman–Crippen LogP) is 3.50. The van der Waals surface area contributed by atoms with Gasteiger partial charge in [-0.1, -0.05) is 12.1 Å². The number of ether oxygens (including phenoxy) is 1. The van der Waals surface area contributed by atoms with E-state index in [0.717, 1.165) is 22.0 Å². The van der Waals surface area contributed by atoms with E-state index < -0.39 is 17.5 Å². The number of amides is 3. The van der Waals surface area contributed by atoms with Gasteiger partial charge in [0, 0.05) is 23.0 Å². The smallest absolute Gasteiger partial charge is 0.346 e. The number of hydrogen-bond acceptors (Lipinski definition) is 4. The molecule has 0 spiro atoms.